The van der Waals surface area contributed by atoms with Gasteiger partial charge in [-0.25, -0.2) is 0 Å². The maximum absolute atomic E-state index is 6.32. The number of nitrogens with zero attached hydrogens (tertiary/aromatic N) is 6. The molecule has 1 N–H and O–H groups in total. The van der Waals surface area contributed by atoms with Gasteiger partial charge in [-0.3, -0.25) is 4.99 Å². The van der Waals surface area contributed by atoms with Crippen LogP contribution in [0.5, 0.6) is 0 Å². The molecule has 1 aromatic carbocycles. The molecule has 1 aromatic heterocycles. The van der Waals surface area contributed by atoms with E-state index in [1.54, 1.807) is 12.7 Å². The van der Waals surface area contributed by atoms with Crippen LogP contribution in [0.3, 0.4) is 0 Å². The van der Waals surface area contributed by atoms with E-state index in [4.69, 9.17) is 11.6 Å². The number of guanidine groups is 1. The zero-order valence-corrected chi connectivity index (χ0v) is 15.9. The lowest BCUT2D eigenvalue weighted by Gasteiger charge is -2.38. The molecule has 0 atom stereocenters. The summed E-state index contributed by atoms with van der Waals surface area (Å²) in [6, 6.07) is 8.04. The Labute approximate surface area is 159 Å². The highest BCUT2D eigenvalue weighted by Crippen LogP contribution is 2.25. The van der Waals surface area contributed by atoms with Crippen molar-refractivity contribution in [2.75, 3.05) is 44.7 Å². The van der Waals surface area contributed by atoms with Crippen molar-refractivity contribution >= 4 is 23.2 Å². The lowest BCUT2D eigenvalue weighted by molar-refractivity contribution is 0.372. The zero-order valence-electron chi connectivity index (χ0n) is 15.2. The number of benzene rings is 1. The van der Waals surface area contributed by atoms with Crippen LogP contribution in [0.4, 0.5) is 5.69 Å². The van der Waals surface area contributed by atoms with Crippen molar-refractivity contribution in [3.8, 4) is 0 Å². The van der Waals surface area contributed by atoms with Gasteiger partial charge >= 0.3 is 0 Å². The van der Waals surface area contributed by atoms with Crippen molar-refractivity contribution in [1.29, 1.82) is 0 Å². The first-order chi connectivity index (χ1) is 12.8. The van der Waals surface area contributed by atoms with Crippen LogP contribution >= 0.6 is 11.6 Å². The Kier molecular flexibility index (Phi) is 6.71. The van der Waals surface area contributed by atoms with Gasteiger partial charge < -0.3 is 19.7 Å². The number of hydrogen-bond donors (Lipinski definition) is 1. The van der Waals surface area contributed by atoms with E-state index in [-0.39, 0.29) is 0 Å². The van der Waals surface area contributed by atoms with Gasteiger partial charge in [-0.1, -0.05) is 23.7 Å². The van der Waals surface area contributed by atoms with Crippen molar-refractivity contribution in [1.82, 2.24) is 25.0 Å². The van der Waals surface area contributed by atoms with Crippen molar-refractivity contribution in [3.63, 3.8) is 0 Å². The topological polar surface area (TPSA) is 61.6 Å². The minimum absolute atomic E-state index is 0.816. The van der Waals surface area contributed by atoms with E-state index in [9.17, 15) is 0 Å². The first-order valence-electron chi connectivity index (χ1n) is 9.05. The molecule has 26 heavy (non-hydrogen) atoms. The molecule has 1 saturated heterocycles. The van der Waals surface area contributed by atoms with Crippen LogP contribution in [0.1, 0.15) is 12.8 Å². The first-order valence-corrected chi connectivity index (χ1v) is 9.43. The number of aliphatic imine (C=N–C) groups is 1. The molecule has 0 radical (unpaired) electrons. The number of rotatable bonds is 6. The normalized spacial score (nSPS) is 15.4. The summed E-state index contributed by atoms with van der Waals surface area (Å²) in [6.45, 7) is 5.62. The second-order valence-electron chi connectivity index (χ2n) is 6.31. The SMILES string of the molecule is CN=C(NCCCCn1cnnc1)N1CCN(c2ccccc2Cl)CC1. The highest BCUT2D eigenvalue weighted by atomic mass is 35.5. The monoisotopic (exact) mass is 375 g/mol. The summed E-state index contributed by atoms with van der Waals surface area (Å²) in [5, 5.41) is 11.9. The van der Waals surface area contributed by atoms with E-state index < -0.39 is 0 Å². The van der Waals surface area contributed by atoms with E-state index in [1.165, 1.54) is 0 Å². The number of unbranched alkanes of at least 4 members (excludes halogenated alkanes) is 1. The molecule has 0 aliphatic carbocycles. The Balaban J connectivity index is 1.40. The molecule has 140 valence electrons. The zero-order chi connectivity index (χ0) is 18.2. The molecule has 0 spiro atoms. The second-order valence-corrected chi connectivity index (χ2v) is 6.71. The van der Waals surface area contributed by atoms with Gasteiger partial charge in [0.05, 0.1) is 10.7 Å². The fourth-order valence-electron chi connectivity index (χ4n) is 3.16. The lowest BCUT2D eigenvalue weighted by Crippen LogP contribution is -2.52. The van der Waals surface area contributed by atoms with Crippen molar-refractivity contribution in [2.24, 2.45) is 4.99 Å². The summed E-state index contributed by atoms with van der Waals surface area (Å²) < 4.78 is 2.00. The average Bonchev–Trinajstić information content (AvgIpc) is 3.19. The van der Waals surface area contributed by atoms with Gasteiger partial charge in [-0.2, -0.15) is 0 Å². The third kappa shape index (κ3) is 4.88. The largest absolute Gasteiger partial charge is 0.367 e. The third-order valence-electron chi connectivity index (χ3n) is 4.58. The molecule has 1 aliphatic heterocycles. The van der Waals surface area contributed by atoms with Crippen molar-refractivity contribution in [3.05, 3.63) is 41.9 Å². The molecule has 1 fully saturated rings. The highest BCUT2D eigenvalue weighted by Gasteiger charge is 2.20. The molecular weight excluding hydrogens is 350 g/mol. The van der Waals surface area contributed by atoms with E-state index in [1.807, 2.05) is 29.8 Å². The number of nitrogens with one attached hydrogen (secondary N) is 1. The van der Waals surface area contributed by atoms with Crippen molar-refractivity contribution < 1.29 is 0 Å². The maximum Gasteiger partial charge on any atom is 0.193 e. The minimum Gasteiger partial charge on any atom is -0.367 e. The molecule has 7 nitrogen and oxygen atoms in total. The van der Waals surface area contributed by atoms with Crippen LogP contribution in [-0.2, 0) is 6.54 Å². The molecule has 2 heterocycles. The number of hydrogen-bond acceptors (Lipinski definition) is 4. The summed E-state index contributed by atoms with van der Waals surface area (Å²) in [6.07, 6.45) is 5.68. The van der Waals surface area contributed by atoms with Gasteiger partial charge in [0.2, 0.25) is 0 Å². The predicted molar refractivity (Wildman–Crippen MR) is 106 cm³/mol. The van der Waals surface area contributed by atoms with Crippen LogP contribution in [0, 0.1) is 0 Å². The van der Waals surface area contributed by atoms with Crippen LogP contribution in [0.2, 0.25) is 5.02 Å². The average molecular weight is 376 g/mol. The molecule has 0 amide bonds. The van der Waals surface area contributed by atoms with Gasteiger partial charge in [0.25, 0.3) is 0 Å². The molecule has 2 aromatic rings. The molecule has 1 aliphatic rings. The Bertz CT molecular complexity index is 693. The lowest BCUT2D eigenvalue weighted by atomic mass is 10.2. The van der Waals surface area contributed by atoms with Gasteiger partial charge in [-0.15, -0.1) is 10.2 Å². The second kappa shape index (κ2) is 9.43. The molecule has 3 rings (SSSR count). The number of halogens is 1. The molecule has 8 heteroatoms. The number of aromatic nitrogens is 3. The smallest absolute Gasteiger partial charge is 0.193 e. The van der Waals surface area contributed by atoms with E-state index >= 15 is 0 Å². The van der Waals surface area contributed by atoms with E-state index in [0.717, 1.165) is 68.8 Å². The fraction of sp³-hybridized carbons (Fsp3) is 0.500. The maximum atomic E-state index is 6.32. The summed E-state index contributed by atoms with van der Waals surface area (Å²) in [5.74, 6) is 0.980. The quantitative estimate of drug-likeness (QED) is 0.476. The minimum atomic E-state index is 0.816. The van der Waals surface area contributed by atoms with Gasteiger partial charge in [0.15, 0.2) is 5.96 Å². The summed E-state index contributed by atoms with van der Waals surface area (Å²) in [4.78, 5) is 9.09. The third-order valence-corrected chi connectivity index (χ3v) is 4.90. The molecule has 0 saturated carbocycles. The Morgan fingerprint density at radius 1 is 1.12 bits per heavy atom. The molecular formula is C18H26ClN7. The van der Waals surface area contributed by atoms with E-state index in [0.29, 0.717) is 0 Å². The fourth-order valence-corrected chi connectivity index (χ4v) is 3.41. The van der Waals surface area contributed by atoms with Crippen LogP contribution in [0.25, 0.3) is 0 Å². The number of piperazine rings is 1. The number of aryl methyl sites for hydroxylation is 1. The Morgan fingerprint density at radius 2 is 1.85 bits per heavy atom. The molecule has 0 bridgehead atoms. The van der Waals surface area contributed by atoms with Gasteiger partial charge in [-0.05, 0) is 25.0 Å². The highest BCUT2D eigenvalue weighted by molar-refractivity contribution is 6.33. The van der Waals surface area contributed by atoms with Crippen LogP contribution in [0.15, 0.2) is 41.9 Å². The summed E-state index contributed by atoms with van der Waals surface area (Å²) in [7, 11) is 1.85. The van der Waals surface area contributed by atoms with Crippen LogP contribution < -0.4 is 10.2 Å². The van der Waals surface area contributed by atoms with Gasteiger partial charge in [0.1, 0.15) is 12.7 Å². The summed E-state index contributed by atoms with van der Waals surface area (Å²) in [5.41, 5.74) is 1.12. The number of para-hydroxylation sites is 1. The first kappa shape index (κ1) is 18.5. The molecule has 0 unspecified atom stereocenters. The van der Waals surface area contributed by atoms with Crippen LogP contribution in [-0.4, -0.2) is 65.4 Å². The standard InChI is InChI=1S/C18H26ClN7/c1-20-18(21-8-4-5-9-24-14-22-23-15-24)26-12-10-25(11-13-26)17-7-3-2-6-16(17)19/h2-3,6-7,14-15H,4-5,8-13H2,1H3,(H,20,21). The predicted octanol–water partition coefficient (Wildman–Crippen LogP) is 2.11. The Hall–Kier alpha value is -2.28. The van der Waals surface area contributed by atoms with E-state index in [2.05, 4.69) is 36.4 Å². The number of anilines is 1. The summed E-state index contributed by atoms with van der Waals surface area (Å²) >= 11 is 6.32. The van der Waals surface area contributed by atoms with Gasteiger partial charge in [0, 0.05) is 46.3 Å². The van der Waals surface area contributed by atoms with Crippen molar-refractivity contribution in [2.45, 2.75) is 19.4 Å². The Morgan fingerprint density at radius 3 is 2.54 bits per heavy atom.